The number of likely N-dealkylation sites (tertiary alicyclic amines) is 1. The molecule has 104 valence electrons. The van der Waals surface area contributed by atoms with Crippen molar-refractivity contribution in [3.63, 3.8) is 0 Å². The van der Waals surface area contributed by atoms with Crippen LogP contribution in [0.25, 0.3) is 0 Å². The van der Waals surface area contributed by atoms with Gasteiger partial charge in [-0.25, -0.2) is 0 Å². The van der Waals surface area contributed by atoms with Gasteiger partial charge in [0, 0.05) is 26.1 Å². The van der Waals surface area contributed by atoms with Crippen molar-refractivity contribution in [1.29, 1.82) is 0 Å². The molecule has 1 saturated heterocycles. The molecule has 3 nitrogen and oxygen atoms in total. The van der Waals surface area contributed by atoms with Gasteiger partial charge in [-0.1, -0.05) is 19.8 Å². The fourth-order valence-electron chi connectivity index (χ4n) is 3.37. The molecule has 1 aliphatic carbocycles. The highest BCUT2D eigenvalue weighted by molar-refractivity contribution is 5.76. The van der Waals surface area contributed by atoms with Crippen molar-refractivity contribution >= 4 is 5.91 Å². The van der Waals surface area contributed by atoms with Crippen molar-refractivity contribution in [2.24, 2.45) is 11.8 Å². The van der Waals surface area contributed by atoms with Crippen LogP contribution in [0.1, 0.15) is 51.9 Å². The lowest BCUT2D eigenvalue weighted by Crippen LogP contribution is -2.32. The maximum absolute atomic E-state index is 11.8. The fourth-order valence-corrected chi connectivity index (χ4v) is 3.37. The molecule has 1 aliphatic heterocycles. The Morgan fingerprint density at radius 1 is 1.22 bits per heavy atom. The summed E-state index contributed by atoms with van der Waals surface area (Å²) >= 11 is 0. The fraction of sp³-hybridized carbons (Fsp3) is 0.933. The summed E-state index contributed by atoms with van der Waals surface area (Å²) in [4.78, 5) is 13.9. The molecule has 0 radical (unpaired) electrons. The van der Waals surface area contributed by atoms with Gasteiger partial charge in [0.25, 0.3) is 0 Å². The van der Waals surface area contributed by atoms with Gasteiger partial charge in [0.1, 0.15) is 0 Å². The van der Waals surface area contributed by atoms with E-state index < -0.39 is 0 Å². The van der Waals surface area contributed by atoms with E-state index in [1.54, 1.807) is 0 Å². The number of hydrogen-bond donors (Lipinski definition) is 1. The third kappa shape index (κ3) is 4.27. The average Bonchev–Trinajstić information content (AvgIpc) is 2.88. The molecule has 2 rings (SSSR count). The SMILES string of the molecule is CC1CCCC(CNCCC(=O)N2CCCC2)C1. The van der Waals surface area contributed by atoms with Gasteiger partial charge in [0.05, 0.1) is 0 Å². The summed E-state index contributed by atoms with van der Waals surface area (Å²) < 4.78 is 0. The van der Waals surface area contributed by atoms with Gasteiger partial charge in [0.15, 0.2) is 0 Å². The standard InChI is InChI=1S/C15H28N2O/c1-13-5-4-6-14(11-13)12-16-8-7-15(18)17-9-2-3-10-17/h13-14,16H,2-12H2,1H3. The molecule has 1 saturated carbocycles. The summed E-state index contributed by atoms with van der Waals surface area (Å²) in [7, 11) is 0. The zero-order valence-corrected chi connectivity index (χ0v) is 11.8. The van der Waals surface area contributed by atoms with Crippen LogP contribution >= 0.6 is 0 Å². The molecule has 1 amide bonds. The molecule has 0 aromatic heterocycles. The number of nitrogens with zero attached hydrogens (tertiary/aromatic N) is 1. The van der Waals surface area contributed by atoms with Gasteiger partial charge >= 0.3 is 0 Å². The minimum atomic E-state index is 0.344. The van der Waals surface area contributed by atoms with E-state index in [0.29, 0.717) is 12.3 Å². The Morgan fingerprint density at radius 3 is 2.72 bits per heavy atom. The first kappa shape index (κ1) is 13.9. The third-order valence-electron chi connectivity index (χ3n) is 4.45. The van der Waals surface area contributed by atoms with Crippen molar-refractivity contribution in [1.82, 2.24) is 10.2 Å². The summed E-state index contributed by atoms with van der Waals surface area (Å²) in [5, 5.41) is 3.48. The number of carbonyl (C=O) groups excluding carboxylic acids is 1. The van der Waals surface area contributed by atoms with Crippen molar-refractivity contribution in [2.75, 3.05) is 26.2 Å². The van der Waals surface area contributed by atoms with E-state index in [1.807, 2.05) is 4.90 Å². The van der Waals surface area contributed by atoms with Crippen LogP contribution in [-0.4, -0.2) is 37.0 Å². The van der Waals surface area contributed by atoms with E-state index in [4.69, 9.17) is 0 Å². The average molecular weight is 252 g/mol. The second kappa shape index (κ2) is 7.13. The van der Waals surface area contributed by atoms with E-state index in [1.165, 1.54) is 38.5 Å². The smallest absolute Gasteiger partial charge is 0.223 e. The number of hydrogen-bond acceptors (Lipinski definition) is 2. The molecule has 1 heterocycles. The Labute approximate surface area is 111 Å². The van der Waals surface area contributed by atoms with Crippen LogP contribution in [0.15, 0.2) is 0 Å². The molecule has 2 fully saturated rings. The number of nitrogens with one attached hydrogen (secondary N) is 1. The number of carbonyl (C=O) groups is 1. The van der Waals surface area contributed by atoms with Crippen LogP contribution in [0.3, 0.4) is 0 Å². The van der Waals surface area contributed by atoms with Gasteiger partial charge in [-0.3, -0.25) is 4.79 Å². The highest BCUT2D eigenvalue weighted by Crippen LogP contribution is 2.27. The second-order valence-corrected chi connectivity index (χ2v) is 6.18. The molecule has 0 spiro atoms. The summed E-state index contributed by atoms with van der Waals surface area (Å²) in [5.74, 6) is 2.09. The van der Waals surface area contributed by atoms with Crippen molar-refractivity contribution in [3.05, 3.63) is 0 Å². The molecular weight excluding hydrogens is 224 g/mol. The first-order chi connectivity index (χ1) is 8.75. The zero-order chi connectivity index (χ0) is 12.8. The Hall–Kier alpha value is -0.570. The predicted molar refractivity (Wildman–Crippen MR) is 74.4 cm³/mol. The van der Waals surface area contributed by atoms with Gasteiger partial charge in [-0.05, 0) is 44.1 Å². The molecule has 18 heavy (non-hydrogen) atoms. The minimum absolute atomic E-state index is 0.344. The predicted octanol–water partition coefficient (Wildman–Crippen LogP) is 2.41. The van der Waals surface area contributed by atoms with Gasteiger partial charge in [0.2, 0.25) is 5.91 Å². The van der Waals surface area contributed by atoms with Crippen LogP contribution in [0, 0.1) is 11.8 Å². The van der Waals surface area contributed by atoms with E-state index in [-0.39, 0.29) is 0 Å². The monoisotopic (exact) mass is 252 g/mol. The van der Waals surface area contributed by atoms with Crippen molar-refractivity contribution < 1.29 is 4.79 Å². The highest BCUT2D eigenvalue weighted by Gasteiger charge is 2.19. The molecule has 0 aromatic rings. The summed E-state index contributed by atoms with van der Waals surface area (Å²) in [5.41, 5.74) is 0. The molecule has 0 bridgehead atoms. The molecule has 2 atom stereocenters. The van der Waals surface area contributed by atoms with E-state index >= 15 is 0 Å². The maximum Gasteiger partial charge on any atom is 0.223 e. The molecule has 0 aromatic carbocycles. The third-order valence-corrected chi connectivity index (χ3v) is 4.45. The first-order valence-corrected chi connectivity index (χ1v) is 7.74. The molecule has 3 heteroatoms. The maximum atomic E-state index is 11.8. The van der Waals surface area contributed by atoms with Crippen molar-refractivity contribution in [3.8, 4) is 0 Å². The highest BCUT2D eigenvalue weighted by atomic mass is 16.2. The quantitative estimate of drug-likeness (QED) is 0.762. The van der Waals surface area contributed by atoms with Crippen LogP contribution in [0.4, 0.5) is 0 Å². The normalized spacial score (nSPS) is 28.6. The van der Waals surface area contributed by atoms with Crippen molar-refractivity contribution in [2.45, 2.75) is 51.9 Å². The number of amides is 1. The van der Waals surface area contributed by atoms with Crippen LogP contribution < -0.4 is 5.32 Å². The number of rotatable bonds is 5. The first-order valence-electron chi connectivity index (χ1n) is 7.74. The lowest BCUT2D eigenvalue weighted by atomic mass is 9.82. The Bertz CT molecular complexity index is 261. The summed E-state index contributed by atoms with van der Waals surface area (Å²) in [6.07, 6.45) is 8.61. The molecular formula is C15H28N2O. The van der Waals surface area contributed by atoms with Gasteiger partial charge in [-0.2, -0.15) is 0 Å². The van der Waals surface area contributed by atoms with Gasteiger partial charge in [-0.15, -0.1) is 0 Å². The van der Waals surface area contributed by atoms with Crippen LogP contribution in [0.2, 0.25) is 0 Å². The van der Waals surface area contributed by atoms with Gasteiger partial charge < -0.3 is 10.2 Å². The molecule has 2 unspecified atom stereocenters. The van der Waals surface area contributed by atoms with E-state index in [0.717, 1.165) is 38.0 Å². The Kier molecular flexibility index (Phi) is 5.48. The Balaban J connectivity index is 1.53. The largest absolute Gasteiger partial charge is 0.343 e. The second-order valence-electron chi connectivity index (χ2n) is 6.18. The minimum Gasteiger partial charge on any atom is -0.343 e. The van der Waals surface area contributed by atoms with E-state index in [9.17, 15) is 4.79 Å². The summed E-state index contributed by atoms with van der Waals surface area (Å²) in [6.45, 7) is 6.30. The van der Waals surface area contributed by atoms with Crippen LogP contribution in [0.5, 0.6) is 0 Å². The van der Waals surface area contributed by atoms with E-state index in [2.05, 4.69) is 12.2 Å². The Morgan fingerprint density at radius 2 is 2.00 bits per heavy atom. The lowest BCUT2D eigenvalue weighted by Gasteiger charge is -2.27. The zero-order valence-electron chi connectivity index (χ0n) is 11.8. The summed E-state index contributed by atoms with van der Waals surface area (Å²) in [6, 6.07) is 0. The van der Waals surface area contributed by atoms with Crippen LogP contribution in [-0.2, 0) is 4.79 Å². The lowest BCUT2D eigenvalue weighted by molar-refractivity contribution is -0.130. The topological polar surface area (TPSA) is 32.3 Å². The molecule has 1 N–H and O–H groups in total. The molecule has 2 aliphatic rings.